The molecule has 0 radical (unpaired) electrons. The molecule has 0 saturated carbocycles. The van der Waals surface area contributed by atoms with Crippen molar-refractivity contribution in [1.82, 2.24) is 0 Å². The van der Waals surface area contributed by atoms with E-state index in [0.29, 0.717) is 17.2 Å². The quantitative estimate of drug-likeness (QED) is 0.818. The average Bonchev–Trinajstić information content (AvgIpc) is 2.70. The van der Waals surface area contributed by atoms with Crippen LogP contribution >= 0.6 is 11.6 Å². The van der Waals surface area contributed by atoms with Gasteiger partial charge in [0.2, 0.25) is 0 Å². The number of benzene rings is 1. The number of furan rings is 1. The fourth-order valence-electron chi connectivity index (χ4n) is 2.40. The minimum atomic E-state index is -0.128. The van der Waals surface area contributed by atoms with Gasteiger partial charge in [-0.05, 0) is 51.3 Å². The molecule has 1 aromatic carbocycles. The molecule has 0 unspecified atom stereocenters. The Labute approximate surface area is 130 Å². The molecule has 0 aliphatic rings. The number of halogens is 1. The third kappa shape index (κ3) is 3.67. The number of hydrogen-bond acceptors (Lipinski definition) is 2. The lowest BCUT2D eigenvalue weighted by Gasteiger charge is -2.07. The Hall–Kier alpha value is -1.74. The van der Waals surface area contributed by atoms with Crippen LogP contribution in [0.4, 0.5) is 5.69 Å². The molecule has 0 bridgehead atoms. The highest BCUT2D eigenvalue weighted by atomic mass is 35.5. The second kappa shape index (κ2) is 6.81. The third-order valence-electron chi connectivity index (χ3n) is 3.57. The zero-order valence-electron chi connectivity index (χ0n) is 12.6. The van der Waals surface area contributed by atoms with Crippen molar-refractivity contribution in [3.8, 4) is 0 Å². The molecule has 112 valence electrons. The maximum Gasteiger partial charge on any atom is 0.259 e. The van der Waals surface area contributed by atoms with Gasteiger partial charge in [0.05, 0.1) is 5.56 Å². The molecular formula is C17H20ClNO2. The molecule has 1 aromatic heterocycles. The fraction of sp³-hybridized carbons (Fsp3) is 0.353. The lowest BCUT2D eigenvalue weighted by Crippen LogP contribution is -2.13. The third-order valence-corrected chi connectivity index (χ3v) is 3.84. The molecule has 1 amide bonds. The van der Waals surface area contributed by atoms with Crippen molar-refractivity contribution in [2.45, 2.75) is 33.6 Å². The number of alkyl halides is 1. The van der Waals surface area contributed by atoms with Gasteiger partial charge in [-0.1, -0.05) is 12.1 Å². The first-order valence-corrected chi connectivity index (χ1v) is 7.59. The molecule has 0 saturated heterocycles. The van der Waals surface area contributed by atoms with Gasteiger partial charge in [-0.3, -0.25) is 4.79 Å². The van der Waals surface area contributed by atoms with Gasteiger partial charge >= 0.3 is 0 Å². The zero-order valence-corrected chi connectivity index (χ0v) is 13.4. The maximum atomic E-state index is 12.4. The molecule has 0 fully saturated rings. The molecule has 0 aliphatic carbocycles. The molecule has 1 N–H and O–H groups in total. The van der Waals surface area contributed by atoms with Crippen molar-refractivity contribution in [1.29, 1.82) is 0 Å². The van der Waals surface area contributed by atoms with Crippen LogP contribution < -0.4 is 5.32 Å². The summed E-state index contributed by atoms with van der Waals surface area (Å²) in [6, 6.07) is 7.86. The molecule has 3 nitrogen and oxygen atoms in total. The Morgan fingerprint density at radius 2 is 2.00 bits per heavy atom. The normalized spacial score (nSPS) is 10.7. The Kier molecular flexibility index (Phi) is 5.07. The van der Waals surface area contributed by atoms with Crippen molar-refractivity contribution in [2.24, 2.45) is 0 Å². The van der Waals surface area contributed by atoms with E-state index in [2.05, 4.69) is 5.32 Å². The van der Waals surface area contributed by atoms with Crippen LogP contribution in [0.1, 0.15) is 39.4 Å². The Balaban J connectivity index is 2.16. The summed E-state index contributed by atoms with van der Waals surface area (Å²) in [4.78, 5) is 12.4. The van der Waals surface area contributed by atoms with Crippen molar-refractivity contribution in [2.75, 3.05) is 11.2 Å². The number of anilines is 1. The minimum Gasteiger partial charge on any atom is -0.466 e. The van der Waals surface area contributed by atoms with E-state index in [1.54, 1.807) is 0 Å². The van der Waals surface area contributed by atoms with Crippen molar-refractivity contribution >= 4 is 23.2 Å². The Morgan fingerprint density at radius 3 is 2.62 bits per heavy atom. The van der Waals surface area contributed by atoms with Crippen LogP contribution in [-0.4, -0.2) is 11.8 Å². The lowest BCUT2D eigenvalue weighted by atomic mass is 10.1. The second-order valence-electron chi connectivity index (χ2n) is 5.16. The minimum absolute atomic E-state index is 0.128. The Morgan fingerprint density at radius 1 is 1.24 bits per heavy atom. The lowest BCUT2D eigenvalue weighted by molar-refractivity contribution is 0.102. The van der Waals surface area contributed by atoms with Crippen LogP contribution in [0.15, 0.2) is 28.7 Å². The molecular weight excluding hydrogens is 286 g/mol. The number of nitrogens with one attached hydrogen (secondary N) is 1. The monoisotopic (exact) mass is 305 g/mol. The highest BCUT2D eigenvalue weighted by Crippen LogP contribution is 2.22. The van der Waals surface area contributed by atoms with Gasteiger partial charge < -0.3 is 9.73 Å². The van der Waals surface area contributed by atoms with E-state index in [1.165, 1.54) is 5.56 Å². The summed E-state index contributed by atoms with van der Waals surface area (Å²) in [5, 5.41) is 2.94. The Bertz CT molecular complexity index is 646. The summed E-state index contributed by atoms with van der Waals surface area (Å²) < 4.78 is 5.51. The number of aryl methyl sites for hydroxylation is 3. The fourth-order valence-corrected chi connectivity index (χ4v) is 2.53. The largest absolute Gasteiger partial charge is 0.466 e. The summed E-state index contributed by atoms with van der Waals surface area (Å²) in [6.07, 6.45) is 1.84. The van der Waals surface area contributed by atoms with Crippen LogP contribution in [0, 0.1) is 20.8 Å². The zero-order chi connectivity index (χ0) is 15.4. The number of carbonyl (C=O) groups is 1. The smallest absolute Gasteiger partial charge is 0.259 e. The number of carbonyl (C=O) groups excluding carboxylic acids is 1. The van der Waals surface area contributed by atoms with E-state index >= 15 is 0 Å². The average molecular weight is 306 g/mol. The van der Waals surface area contributed by atoms with Gasteiger partial charge in [0, 0.05) is 17.1 Å². The predicted molar refractivity (Wildman–Crippen MR) is 86.4 cm³/mol. The van der Waals surface area contributed by atoms with Crippen LogP contribution in [0.5, 0.6) is 0 Å². The van der Waals surface area contributed by atoms with Crippen molar-refractivity contribution in [3.05, 3.63) is 52.5 Å². The first-order valence-electron chi connectivity index (χ1n) is 7.05. The maximum absolute atomic E-state index is 12.4. The standard InChI is InChI=1S/C17H20ClNO2/c1-11-12(2)21-13(3)16(11)17(20)19-15-8-4-6-14(10-15)7-5-9-18/h4,6,8,10H,5,7,9H2,1-3H3,(H,19,20). The predicted octanol–water partition coefficient (Wildman–Crippen LogP) is 4.63. The first kappa shape index (κ1) is 15.6. The van der Waals surface area contributed by atoms with Crippen molar-refractivity contribution in [3.63, 3.8) is 0 Å². The van der Waals surface area contributed by atoms with Gasteiger partial charge in [0.25, 0.3) is 5.91 Å². The number of hydrogen-bond donors (Lipinski definition) is 1. The van der Waals surface area contributed by atoms with Crippen LogP contribution in [0.3, 0.4) is 0 Å². The molecule has 4 heteroatoms. The highest BCUT2D eigenvalue weighted by Gasteiger charge is 2.18. The molecule has 0 atom stereocenters. The molecule has 0 aliphatic heterocycles. The summed E-state index contributed by atoms with van der Waals surface area (Å²) in [5.41, 5.74) is 3.48. The van der Waals surface area contributed by atoms with E-state index in [9.17, 15) is 4.79 Å². The van der Waals surface area contributed by atoms with Gasteiger partial charge in [-0.15, -0.1) is 11.6 Å². The van der Waals surface area contributed by atoms with Gasteiger partial charge in [-0.2, -0.15) is 0 Å². The van der Waals surface area contributed by atoms with E-state index in [4.69, 9.17) is 16.0 Å². The van der Waals surface area contributed by atoms with Crippen molar-refractivity contribution < 1.29 is 9.21 Å². The van der Waals surface area contributed by atoms with Crippen LogP contribution in [0.25, 0.3) is 0 Å². The van der Waals surface area contributed by atoms with Gasteiger partial charge in [-0.25, -0.2) is 0 Å². The topological polar surface area (TPSA) is 42.2 Å². The summed E-state index contributed by atoms with van der Waals surface area (Å²) >= 11 is 5.71. The molecule has 2 rings (SSSR count). The highest BCUT2D eigenvalue weighted by molar-refractivity contribution is 6.17. The summed E-state index contributed by atoms with van der Waals surface area (Å²) in [5.74, 6) is 1.95. The van der Waals surface area contributed by atoms with E-state index in [1.807, 2.05) is 45.0 Å². The number of amides is 1. The molecule has 1 heterocycles. The molecule has 0 spiro atoms. The molecule has 21 heavy (non-hydrogen) atoms. The van der Waals surface area contributed by atoms with Crippen LogP contribution in [-0.2, 0) is 6.42 Å². The summed E-state index contributed by atoms with van der Waals surface area (Å²) in [6.45, 7) is 5.58. The van der Waals surface area contributed by atoms with Crippen LogP contribution in [0.2, 0.25) is 0 Å². The second-order valence-corrected chi connectivity index (χ2v) is 5.54. The first-order chi connectivity index (χ1) is 10.0. The van der Waals surface area contributed by atoms with Gasteiger partial charge in [0.15, 0.2) is 0 Å². The van der Waals surface area contributed by atoms with E-state index in [0.717, 1.165) is 29.9 Å². The van der Waals surface area contributed by atoms with E-state index in [-0.39, 0.29) is 5.91 Å². The molecule has 2 aromatic rings. The number of rotatable bonds is 5. The van der Waals surface area contributed by atoms with Gasteiger partial charge in [0.1, 0.15) is 11.5 Å². The SMILES string of the molecule is Cc1oc(C)c(C(=O)Nc2cccc(CCCCl)c2)c1C. The summed E-state index contributed by atoms with van der Waals surface area (Å²) in [7, 11) is 0. The van der Waals surface area contributed by atoms with E-state index < -0.39 is 0 Å².